The molecule has 0 aliphatic carbocycles. The third-order valence-corrected chi connectivity index (χ3v) is 6.80. The smallest absolute Gasteiger partial charge is 0.444 e. The molecule has 0 radical (unpaired) electrons. The predicted molar refractivity (Wildman–Crippen MR) is 169 cm³/mol. The number of nitrogens with one attached hydrogen (secondary N) is 1. The molecule has 258 valence electrons. The number of hydrogen-bond acceptors (Lipinski definition) is 9. The zero-order chi connectivity index (χ0) is 34.7. The third kappa shape index (κ3) is 9.86. The zero-order valence-electron chi connectivity index (χ0n) is 28.0. The number of nitrogens with zero attached hydrogens (tertiary/aromatic N) is 5. The minimum absolute atomic E-state index is 0.0134. The Hall–Kier alpha value is -4.27. The Balaban J connectivity index is 1.71. The molecule has 0 spiro atoms. The van der Waals surface area contributed by atoms with Crippen LogP contribution < -0.4 is 15.0 Å². The van der Waals surface area contributed by atoms with Crippen LogP contribution in [0.5, 0.6) is 5.75 Å². The third-order valence-electron chi connectivity index (χ3n) is 6.80. The van der Waals surface area contributed by atoms with Gasteiger partial charge in [0.15, 0.2) is 5.65 Å². The highest BCUT2D eigenvalue weighted by Crippen LogP contribution is 2.33. The lowest BCUT2D eigenvalue weighted by Gasteiger charge is -2.34. The van der Waals surface area contributed by atoms with Gasteiger partial charge in [0.05, 0.1) is 43.4 Å². The average Bonchev–Trinajstić information content (AvgIpc) is 3.37. The first-order chi connectivity index (χ1) is 21.8. The second-order valence-corrected chi connectivity index (χ2v) is 13.5. The molecule has 2 amide bonds. The van der Waals surface area contributed by atoms with E-state index in [1.807, 2.05) is 13.8 Å². The van der Waals surface area contributed by atoms with Crippen molar-refractivity contribution in [3.63, 3.8) is 0 Å². The van der Waals surface area contributed by atoms with Crippen LogP contribution in [0.3, 0.4) is 0 Å². The second-order valence-electron chi connectivity index (χ2n) is 13.5. The van der Waals surface area contributed by atoms with E-state index < -0.39 is 41.6 Å². The van der Waals surface area contributed by atoms with E-state index in [0.29, 0.717) is 24.6 Å². The van der Waals surface area contributed by atoms with Gasteiger partial charge in [-0.3, -0.25) is 4.90 Å². The van der Waals surface area contributed by atoms with Crippen molar-refractivity contribution in [3.05, 3.63) is 47.8 Å². The topological polar surface area (TPSA) is 120 Å². The largest absolute Gasteiger partial charge is 0.573 e. The molecule has 1 aliphatic heterocycles. The zero-order valence-corrected chi connectivity index (χ0v) is 28.0. The molecule has 1 atom stereocenters. The van der Waals surface area contributed by atoms with Gasteiger partial charge < -0.3 is 29.2 Å². The van der Waals surface area contributed by atoms with E-state index in [-0.39, 0.29) is 36.8 Å². The normalized spacial score (nSPS) is 15.9. The summed E-state index contributed by atoms with van der Waals surface area (Å²) in [5.41, 5.74) is -0.196. The maximum atomic E-state index is 13.8. The van der Waals surface area contributed by atoms with E-state index >= 15 is 0 Å². The van der Waals surface area contributed by atoms with Gasteiger partial charge in [0.2, 0.25) is 0 Å². The van der Waals surface area contributed by atoms with Gasteiger partial charge in [0, 0.05) is 24.7 Å². The molecule has 2 aromatic heterocycles. The van der Waals surface area contributed by atoms with Gasteiger partial charge >= 0.3 is 18.5 Å². The Morgan fingerprint density at radius 3 is 2.40 bits per heavy atom. The number of aromatic nitrogens is 3. The van der Waals surface area contributed by atoms with Crippen molar-refractivity contribution in [2.24, 2.45) is 0 Å². The van der Waals surface area contributed by atoms with Crippen molar-refractivity contribution >= 4 is 29.3 Å². The maximum Gasteiger partial charge on any atom is 0.573 e. The number of halogens is 3. The molecule has 1 saturated heterocycles. The lowest BCUT2D eigenvalue weighted by molar-refractivity contribution is -0.274. The number of alkyl halides is 3. The molecule has 3 heterocycles. The first-order valence-corrected chi connectivity index (χ1v) is 15.4. The average molecular weight is 665 g/mol. The van der Waals surface area contributed by atoms with Crippen LogP contribution in [-0.4, -0.2) is 81.6 Å². The Bertz CT molecular complexity index is 1560. The van der Waals surface area contributed by atoms with Crippen molar-refractivity contribution in [1.82, 2.24) is 19.5 Å². The molecule has 3 aromatic rings. The molecular weight excluding hydrogens is 621 g/mol. The van der Waals surface area contributed by atoms with E-state index in [1.54, 1.807) is 69.3 Å². The Morgan fingerprint density at radius 1 is 1.09 bits per heavy atom. The molecule has 12 nitrogen and oxygen atoms in total. The number of imidazole rings is 1. The lowest BCUT2D eigenvalue weighted by atomic mass is 10.1. The molecule has 4 rings (SSSR count). The number of morpholine rings is 1. The summed E-state index contributed by atoms with van der Waals surface area (Å²) in [6.45, 7) is 15.3. The monoisotopic (exact) mass is 664 g/mol. The van der Waals surface area contributed by atoms with Crippen LogP contribution in [0.15, 0.2) is 36.5 Å². The van der Waals surface area contributed by atoms with Crippen LogP contribution >= 0.6 is 0 Å². The van der Waals surface area contributed by atoms with E-state index in [0.717, 1.165) is 5.69 Å². The molecule has 1 aliphatic rings. The minimum Gasteiger partial charge on any atom is -0.444 e. The van der Waals surface area contributed by atoms with Gasteiger partial charge in [-0.15, -0.1) is 18.3 Å². The number of carbonyl (C=O) groups is 2. The van der Waals surface area contributed by atoms with Crippen LogP contribution in [0.25, 0.3) is 5.65 Å². The Kier molecular flexibility index (Phi) is 10.5. The number of amides is 2. The Labute approximate surface area is 272 Å². The van der Waals surface area contributed by atoms with Crippen LogP contribution in [0, 0.1) is 0 Å². The van der Waals surface area contributed by atoms with Gasteiger partial charge in [0.1, 0.15) is 22.8 Å². The van der Waals surface area contributed by atoms with Crippen molar-refractivity contribution < 1.29 is 41.7 Å². The van der Waals surface area contributed by atoms with Gasteiger partial charge in [-0.25, -0.2) is 19.1 Å². The van der Waals surface area contributed by atoms with Crippen molar-refractivity contribution in [2.45, 2.75) is 91.5 Å². The molecule has 1 aromatic carbocycles. The number of carbonyl (C=O) groups excluding carboxylic acids is 2. The summed E-state index contributed by atoms with van der Waals surface area (Å²) in [5.74, 6) is -0.133. The SMILES string of the molecule is CC(C)c1cnc2c(N(Cc3ccccc3OC(F)(F)F)C(=O)OC(C)(C)C)cc(NC[C@@H]3CN(C(=O)OC(C)(C)C)CCO3)nn12. The van der Waals surface area contributed by atoms with Gasteiger partial charge in [-0.05, 0) is 53.5 Å². The van der Waals surface area contributed by atoms with Crippen LogP contribution in [0.4, 0.5) is 34.3 Å². The standard InChI is InChI=1S/C32H43F3N6O6/c1-20(2)24-17-37-27-23(40(29(43)47-31(6,7)8)18-21-11-9-10-12-25(21)45-32(33,34)35)15-26(38-41(24)27)36-16-22-19-39(13-14-44-22)28(42)46-30(3,4)5/h9-12,15,17,20,22H,13-14,16,18-19H2,1-8H3,(H,36,38)/t22-/m1/s1. The molecule has 1 fully saturated rings. The summed E-state index contributed by atoms with van der Waals surface area (Å²) < 4.78 is 62.8. The van der Waals surface area contributed by atoms with Crippen LogP contribution in [0.1, 0.15) is 72.6 Å². The number of ether oxygens (including phenoxy) is 4. The number of hydrogen-bond donors (Lipinski definition) is 1. The number of para-hydroxylation sites is 1. The summed E-state index contributed by atoms with van der Waals surface area (Å²) in [6.07, 6.45) is -4.95. The second kappa shape index (κ2) is 13.8. The molecule has 0 saturated carbocycles. The number of rotatable bonds is 8. The highest BCUT2D eigenvalue weighted by atomic mass is 19.4. The van der Waals surface area contributed by atoms with Crippen LogP contribution in [-0.2, 0) is 20.8 Å². The molecule has 47 heavy (non-hydrogen) atoms. The van der Waals surface area contributed by atoms with Gasteiger partial charge in [-0.1, -0.05) is 32.0 Å². The van der Waals surface area contributed by atoms with E-state index in [9.17, 15) is 22.8 Å². The summed E-state index contributed by atoms with van der Waals surface area (Å²) in [5, 5.41) is 7.97. The van der Waals surface area contributed by atoms with Gasteiger partial charge in [-0.2, -0.15) is 0 Å². The fourth-order valence-electron chi connectivity index (χ4n) is 4.80. The highest BCUT2D eigenvalue weighted by molar-refractivity contribution is 5.93. The minimum atomic E-state index is -4.94. The highest BCUT2D eigenvalue weighted by Gasteiger charge is 2.34. The Morgan fingerprint density at radius 2 is 1.77 bits per heavy atom. The number of benzene rings is 1. The molecule has 15 heteroatoms. The lowest BCUT2D eigenvalue weighted by Crippen LogP contribution is -2.49. The first-order valence-electron chi connectivity index (χ1n) is 15.4. The fourth-order valence-corrected chi connectivity index (χ4v) is 4.80. The van der Waals surface area contributed by atoms with Crippen LogP contribution in [0.2, 0.25) is 0 Å². The summed E-state index contributed by atoms with van der Waals surface area (Å²) in [7, 11) is 0. The van der Waals surface area contributed by atoms with Crippen molar-refractivity contribution in [2.75, 3.05) is 36.5 Å². The molecule has 1 N–H and O–H groups in total. The quantitative estimate of drug-likeness (QED) is 0.279. The van der Waals surface area contributed by atoms with E-state index in [1.165, 1.54) is 23.1 Å². The van der Waals surface area contributed by atoms with Gasteiger partial charge in [0.25, 0.3) is 0 Å². The summed E-state index contributed by atoms with van der Waals surface area (Å²) >= 11 is 0. The van der Waals surface area contributed by atoms with Crippen molar-refractivity contribution in [3.8, 4) is 5.75 Å². The first kappa shape index (κ1) is 35.6. The van der Waals surface area contributed by atoms with Crippen molar-refractivity contribution in [1.29, 1.82) is 0 Å². The maximum absolute atomic E-state index is 13.8. The fraction of sp³-hybridized carbons (Fsp3) is 0.562. The molecule has 0 bridgehead atoms. The predicted octanol–water partition coefficient (Wildman–Crippen LogP) is 6.74. The number of anilines is 2. The summed E-state index contributed by atoms with van der Waals surface area (Å²) in [6, 6.07) is 7.17. The molecular formula is C32H43F3N6O6. The summed E-state index contributed by atoms with van der Waals surface area (Å²) in [4.78, 5) is 33.8. The van der Waals surface area contributed by atoms with E-state index in [2.05, 4.69) is 15.0 Å². The molecule has 0 unspecified atom stereocenters. The van der Waals surface area contributed by atoms with E-state index in [4.69, 9.17) is 19.3 Å². The number of fused-ring (bicyclic) bond motifs is 1.